The van der Waals surface area contributed by atoms with Gasteiger partial charge in [0.2, 0.25) is 10.0 Å². The third kappa shape index (κ3) is 5.59. The first-order valence-corrected chi connectivity index (χ1v) is 5.75. The SMILES string of the molecule is CCCN(CC(F)(F)F)S(=O)(=O)CC#N. The molecular weight excluding hydrogens is 233 g/mol. The number of alkyl halides is 3. The summed E-state index contributed by atoms with van der Waals surface area (Å²) in [6.45, 7) is -0.209. The molecule has 8 heteroatoms. The molecule has 0 aliphatic carbocycles. The topological polar surface area (TPSA) is 61.2 Å². The lowest BCUT2D eigenvalue weighted by atomic mass is 10.5. The summed E-state index contributed by atoms with van der Waals surface area (Å²) < 4.78 is 58.7. The van der Waals surface area contributed by atoms with Crippen LogP contribution in [0.3, 0.4) is 0 Å². The first kappa shape index (κ1) is 14.2. The third-order valence-electron chi connectivity index (χ3n) is 1.47. The van der Waals surface area contributed by atoms with Crippen molar-refractivity contribution in [3.63, 3.8) is 0 Å². The zero-order valence-electron chi connectivity index (χ0n) is 8.08. The Hall–Kier alpha value is -0.810. The number of nitrogens with zero attached hydrogens (tertiary/aromatic N) is 2. The Morgan fingerprint density at radius 3 is 2.27 bits per heavy atom. The van der Waals surface area contributed by atoms with E-state index in [1.54, 1.807) is 6.92 Å². The van der Waals surface area contributed by atoms with Crippen LogP contribution in [-0.4, -0.2) is 37.7 Å². The average Bonchev–Trinajstić information content (AvgIpc) is 2.01. The van der Waals surface area contributed by atoms with Gasteiger partial charge in [0.25, 0.3) is 0 Å². The molecule has 88 valence electrons. The van der Waals surface area contributed by atoms with E-state index >= 15 is 0 Å². The van der Waals surface area contributed by atoms with Crippen LogP contribution in [0.25, 0.3) is 0 Å². The van der Waals surface area contributed by atoms with E-state index in [1.807, 2.05) is 0 Å². The van der Waals surface area contributed by atoms with Gasteiger partial charge < -0.3 is 0 Å². The highest BCUT2D eigenvalue weighted by Crippen LogP contribution is 2.18. The van der Waals surface area contributed by atoms with Gasteiger partial charge in [-0.05, 0) is 6.42 Å². The van der Waals surface area contributed by atoms with Gasteiger partial charge in [-0.25, -0.2) is 8.42 Å². The van der Waals surface area contributed by atoms with E-state index in [9.17, 15) is 21.6 Å². The van der Waals surface area contributed by atoms with E-state index < -0.39 is 28.5 Å². The molecule has 0 aromatic rings. The van der Waals surface area contributed by atoms with Gasteiger partial charge in [0.1, 0.15) is 6.54 Å². The predicted molar refractivity (Wildman–Crippen MR) is 47.3 cm³/mol. The normalized spacial score (nSPS) is 12.8. The zero-order chi connectivity index (χ0) is 12.1. The van der Waals surface area contributed by atoms with Crippen molar-refractivity contribution in [1.82, 2.24) is 4.31 Å². The summed E-state index contributed by atoms with van der Waals surface area (Å²) in [6.07, 6.45) is -4.32. The average molecular weight is 244 g/mol. The second-order valence-corrected chi connectivity index (χ2v) is 4.83. The Morgan fingerprint density at radius 2 is 1.93 bits per heavy atom. The molecule has 15 heavy (non-hydrogen) atoms. The van der Waals surface area contributed by atoms with Gasteiger partial charge >= 0.3 is 6.18 Å². The van der Waals surface area contributed by atoms with Crippen molar-refractivity contribution in [3.05, 3.63) is 0 Å². The standard InChI is InChI=1S/C7H11F3N2O2S/c1-2-4-12(6-7(8,9)10)15(13,14)5-3-11/h2,4-6H2,1H3. The lowest BCUT2D eigenvalue weighted by Crippen LogP contribution is -2.40. The summed E-state index contributed by atoms with van der Waals surface area (Å²) in [5.41, 5.74) is 0. The van der Waals surface area contributed by atoms with E-state index in [2.05, 4.69) is 0 Å². The second-order valence-electron chi connectivity index (χ2n) is 2.86. The molecule has 0 aromatic heterocycles. The lowest BCUT2D eigenvalue weighted by molar-refractivity contribution is -0.136. The van der Waals surface area contributed by atoms with Gasteiger partial charge in [-0.15, -0.1) is 0 Å². The highest BCUT2D eigenvalue weighted by Gasteiger charge is 2.35. The van der Waals surface area contributed by atoms with Crippen molar-refractivity contribution < 1.29 is 21.6 Å². The molecule has 4 nitrogen and oxygen atoms in total. The molecule has 0 aromatic carbocycles. The Balaban J connectivity index is 4.75. The summed E-state index contributed by atoms with van der Waals surface area (Å²) in [4.78, 5) is 0. The molecule has 0 fully saturated rings. The van der Waals surface area contributed by atoms with E-state index in [1.165, 1.54) is 6.07 Å². The van der Waals surface area contributed by atoms with Crippen LogP contribution in [0.2, 0.25) is 0 Å². The van der Waals surface area contributed by atoms with Crippen molar-refractivity contribution in [3.8, 4) is 6.07 Å². The highest BCUT2D eigenvalue weighted by molar-refractivity contribution is 7.89. The minimum absolute atomic E-state index is 0.233. The molecule has 0 spiro atoms. The number of rotatable bonds is 5. The van der Waals surface area contributed by atoms with Gasteiger partial charge in [0, 0.05) is 6.54 Å². The van der Waals surface area contributed by atoms with Gasteiger partial charge in [-0.2, -0.15) is 22.7 Å². The smallest absolute Gasteiger partial charge is 0.211 e. The minimum atomic E-state index is -4.59. The van der Waals surface area contributed by atoms with E-state index in [4.69, 9.17) is 5.26 Å². The number of nitriles is 1. The van der Waals surface area contributed by atoms with Crippen LogP contribution in [0.4, 0.5) is 13.2 Å². The molecule has 0 rings (SSSR count). The number of sulfonamides is 1. The first-order chi connectivity index (χ1) is 6.73. The molecule has 0 N–H and O–H groups in total. The van der Waals surface area contributed by atoms with E-state index in [0.717, 1.165) is 0 Å². The molecule has 0 unspecified atom stereocenters. The molecule has 0 aliphatic heterocycles. The van der Waals surface area contributed by atoms with Crippen LogP contribution in [0.1, 0.15) is 13.3 Å². The summed E-state index contributed by atoms with van der Waals surface area (Å²) in [5.74, 6) is -0.928. The van der Waals surface area contributed by atoms with Crippen LogP contribution in [-0.2, 0) is 10.0 Å². The molecule has 0 saturated carbocycles. The fourth-order valence-corrected chi connectivity index (χ4v) is 2.09. The number of hydrogen-bond acceptors (Lipinski definition) is 3. The quantitative estimate of drug-likeness (QED) is 0.728. The summed E-state index contributed by atoms with van der Waals surface area (Å²) in [5, 5.41) is 8.18. The maximum Gasteiger partial charge on any atom is 0.402 e. The van der Waals surface area contributed by atoms with Gasteiger partial charge in [-0.1, -0.05) is 6.92 Å². The monoisotopic (exact) mass is 244 g/mol. The Labute approximate surface area is 86.3 Å². The highest BCUT2D eigenvalue weighted by atomic mass is 32.2. The van der Waals surface area contributed by atoms with Gasteiger partial charge in [0.15, 0.2) is 5.75 Å². The first-order valence-electron chi connectivity index (χ1n) is 4.14. The second kappa shape index (κ2) is 5.32. The van der Waals surface area contributed by atoms with Crippen LogP contribution in [0.5, 0.6) is 0 Å². The summed E-state index contributed by atoms with van der Waals surface area (Å²) >= 11 is 0. The summed E-state index contributed by atoms with van der Waals surface area (Å²) in [7, 11) is -4.12. The number of hydrogen-bond donors (Lipinski definition) is 0. The lowest BCUT2D eigenvalue weighted by Gasteiger charge is -2.21. The molecule has 0 radical (unpaired) electrons. The van der Waals surface area contributed by atoms with Crippen molar-refractivity contribution in [1.29, 1.82) is 5.26 Å². The summed E-state index contributed by atoms with van der Waals surface area (Å²) in [6, 6.07) is 1.34. The molecule has 0 atom stereocenters. The van der Waals surface area contributed by atoms with E-state index in [-0.39, 0.29) is 17.3 Å². The van der Waals surface area contributed by atoms with Crippen molar-refractivity contribution in [2.75, 3.05) is 18.8 Å². The number of halogens is 3. The van der Waals surface area contributed by atoms with Gasteiger partial charge in [-0.3, -0.25) is 0 Å². The van der Waals surface area contributed by atoms with Crippen molar-refractivity contribution in [2.24, 2.45) is 0 Å². The van der Waals surface area contributed by atoms with Crippen LogP contribution < -0.4 is 0 Å². The zero-order valence-corrected chi connectivity index (χ0v) is 8.90. The fourth-order valence-electron chi connectivity index (χ4n) is 0.939. The fraction of sp³-hybridized carbons (Fsp3) is 0.857. The molecular formula is C7H11F3N2O2S. The molecule has 0 bridgehead atoms. The molecule has 0 saturated heterocycles. The van der Waals surface area contributed by atoms with Crippen molar-refractivity contribution >= 4 is 10.0 Å². The third-order valence-corrected chi connectivity index (χ3v) is 3.06. The Morgan fingerprint density at radius 1 is 1.40 bits per heavy atom. The predicted octanol–water partition coefficient (Wildman–Crippen LogP) is 1.11. The molecule has 0 amide bonds. The molecule has 0 heterocycles. The minimum Gasteiger partial charge on any atom is -0.211 e. The maximum atomic E-state index is 12.0. The van der Waals surface area contributed by atoms with E-state index in [0.29, 0.717) is 0 Å². The Kier molecular flexibility index (Phi) is 5.03. The largest absolute Gasteiger partial charge is 0.402 e. The van der Waals surface area contributed by atoms with Crippen molar-refractivity contribution in [2.45, 2.75) is 19.5 Å². The van der Waals surface area contributed by atoms with Crippen LogP contribution in [0, 0.1) is 11.3 Å². The van der Waals surface area contributed by atoms with Crippen LogP contribution >= 0.6 is 0 Å². The Bertz CT molecular complexity index is 331. The van der Waals surface area contributed by atoms with Crippen LogP contribution in [0.15, 0.2) is 0 Å². The molecule has 0 aliphatic rings. The van der Waals surface area contributed by atoms with Gasteiger partial charge in [0.05, 0.1) is 6.07 Å². The maximum absolute atomic E-state index is 12.0.